The van der Waals surface area contributed by atoms with Crippen LogP contribution in [0.3, 0.4) is 0 Å². The topological polar surface area (TPSA) is 60.9 Å². The normalized spacial score (nSPS) is 23.0. The highest BCUT2D eigenvalue weighted by Gasteiger charge is 2.39. The number of para-hydroxylation sites is 1. The van der Waals surface area contributed by atoms with Crippen molar-refractivity contribution in [2.24, 2.45) is 0 Å². The Balaban J connectivity index is 1.59. The average Bonchev–Trinajstić information content (AvgIpc) is 3.11. The van der Waals surface area contributed by atoms with Gasteiger partial charge >= 0.3 is 0 Å². The Morgan fingerprint density at radius 1 is 1.08 bits per heavy atom. The van der Waals surface area contributed by atoms with Gasteiger partial charge in [0.2, 0.25) is 15.9 Å². The van der Waals surface area contributed by atoms with Crippen LogP contribution in [-0.4, -0.2) is 68.6 Å². The third-order valence-electron chi connectivity index (χ3n) is 5.40. The van der Waals surface area contributed by atoms with E-state index in [4.69, 9.17) is 0 Å². The Labute approximate surface area is 150 Å². The maximum Gasteiger partial charge on any atom is 0.241 e. The van der Waals surface area contributed by atoms with Crippen molar-refractivity contribution in [2.45, 2.75) is 37.8 Å². The van der Waals surface area contributed by atoms with Crippen LogP contribution in [0.1, 0.15) is 25.7 Å². The number of rotatable bonds is 4. The minimum atomic E-state index is -3.32. The van der Waals surface area contributed by atoms with Gasteiger partial charge < -0.3 is 9.80 Å². The minimum Gasteiger partial charge on any atom is -0.371 e. The Hall–Kier alpha value is -1.60. The second-order valence-electron chi connectivity index (χ2n) is 7.03. The van der Waals surface area contributed by atoms with Crippen LogP contribution in [0.15, 0.2) is 30.3 Å². The van der Waals surface area contributed by atoms with E-state index >= 15 is 0 Å². The van der Waals surface area contributed by atoms with Gasteiger partial charge in [-0.3, -0.25) is 4.79 Å². The maximum absolute atomic E-state index is 12.8. The summed E-state index contributed by atoms with van der Waals surface area (Å²) >= 11 is 0. The number of carbonyl (C=O) groups is 1. The first-order chi connectivity index (χ1) is 11.9. The number of sulfonamides is 1. The first-order valence-corrected chi connectivity index (χ1v) is 10.8. The summed E-state index contributed by atoms with van der Waals surface area (Å²) in [5.74, 6) is -0.0243. The molecule has 2 heterocycles. The van der Waals surface area contributed by atoms with Crippen molar-refractivity contribution < 1.29 is 13.2 Å². The SMILES string of the molecule is CN(c1ccccc1)C1CCN(C(=O)[C@H]2CCCN2S(C)(=O)=O)CC1. The maximum atomic E-state index is 12.8. The third-order valence-corrected chi connectivity index (χ3v) is 6.69. The molecule has 138 valence electrons. The number of carbonyl (C=O) groups excluding carboxylic acids is 1. The lowest BCUT2D eigenvalue weighted by molar-refractivity contribution is -0.135. The predicted octanol–water partition coefficient (Wildman–Crippen LogP) is 1.54. The molecule has 1 aromatic carbocycles. The van der Waals surface area contributed by atoms with Gasteiger partial charge in [-0.25, -0.2) is 8.42 Å². The third kappa shape index (κ3) is 3.98. The molecule has 1 atom stereocenters. The molecule has 2 saturated heterocycles. The van der Waals surface area contributed by atoms with Gasteiger partial charge in [-0.15, -0.1) is 0 Å². The molecule has 1 amide bonds. The first kappa shape index (κ1) is 18.2. The van der Waals surface area contributed by atoms with Crippen molar-refractivity contribution in [1.82, 2.24) is 9.21 Å². The fourth-order valence-electron chi connectivity index (χ4n) is 3.94. The van der Waals surface area contributed by atoms with Crippen LogP contribution >= 0.6 is 0 Å². The second kappa shape index (κ2) is 7.33. The number of anilines is 1. The van der Waals surface area contributed by atoms with Gasteiger partial charge in [-0.1, -0.05) is 18.2 Å². The summed E-state index contributed by atoms with van der Waals surface area (Å²) in [4.78, 5) is 16.9. The standard InChI is InChI=1S/C18H27N3O3S/c1-19(15-7-4-3-5-8-15)16-10-13-20(14-11-16)18(22)17-9-6-12-21(17)25(2,23)24/h3-5,7-8,16-17H,6,9-14H2,1-2H3/t17-/m1/s1. The van der Waals surface area contributed by atoms with Crippen molar-refractivity contribution in [3.05, 3.63) is 30.3 Å². The number of hydrogen-bond acceptors (Lipinski definition) is 4. The summed E-state index contributed by atoms with van der Waals surface area (Å²) in [5.41, 5.74) is 1.19. The highest BCUT2D eigenvalue weighted by Crippen LogP contribution is 2.26. The molecule has 0 bridgehead atoms. The van der Waals surface area contributed by atoms with Crippen molar-refractivity contribution in [3.63, 3.8) is 0 Å². The molecule has 0 aromatic heterocycles. The lowest BCUT2D eigenvalue weighted by atomic mass is 10.0. The van der Waals surface area contributed by atoms with E-state index in [0.717, 1.165) is 19.3 Å². The van der Waals surface area contributed by atoms with Crippen LogP contribution in [0.2, 0.25) is 0 Å². The van der Waals surface area contributed by atoms with Crippen LogP contribution in [-0.2, 0) is 14.8 Å². The van der Waals surface area contributed by atoms with Crippen LogP contribution < -0.4 is 4.90 Å². The highest BCUT2D eigenvalue weighted by atomic mass is 32.2. The molecule has 2 aliphatic heterocycles. The van der Waals surface area contributed by atoms with E-state index in [1.807, 2.05) is 23.1 Å². The fraction of sp³-hybridized carbons (Fsp3) is 0.611. The molecule has 0 spiro atoms. The Morgan fingerprint density at radius 3 is 2.32 bits per heavy atom. The number of piperidine rings is 1. The molecule has 2 aliphatic rings. The summed E-state index contributed by atoms with van der Waals surface area (Å²) in [6, 6.07) is 10.2. The first-order valence-electron chi connectivity index (χ1n) is 8.91. The number of hydrogen-bond donors (Lipinski definition) is 0. The van der Waals surface area contributed by atoms with Gasteiger partial charge in [0.05, 0.1) is 6.26 Å². The fourth-order valence-corrected chi connectivity index (χ4v) is 5.06. The van der Waals surface area contributed by atoms with Crippen molar-refractivity contribution in [2.75, 3.05) is 37.8 Å². The van der Waals surface area contributed by atoms with Crippen molar-refractivity contribution in [1.29, 1.82) is 0 Å². The lowest BCUT2D eigenvalue weighted by Crippen LogP contribution is -2.52. The van der Waals surface area contributed by atoms with Gasteiger partial charge in [0.25, 0.3) is 0 Å². The Morgan fingerprint density at radius 2 is 1.72 bits per heavy atom. The molecule has 25 heavy (non-hydrogen) atoms. The van der Waals surface area contributed by atoms with E-state index in [2.05, 4.69) is 24.1 Å². The molecule has 0 radical (unpaired) electrons. The molecule has 2 fully saturated rings. The molecule has 3 rings (SSSR count). The number of benzene rings is 1. The molecule has 0 aliphatic carbocycles. The Bertz CT molecular complexity index is 700. The molecule has 7 heteroatoms. The summed E-state index contributed by atoms with van der Waals surface area (Å²) < 4.78 is 25.1. The van der Waals surface area contributed by atoms with Crippen molar-refractivity contribution in [3.8, 4) is 0 Å². The molecular formula is C18H27N3O3S. The largest absolute Gasteiger partial charge is 0.371 e. The lowest BCUT2D eigenvalue weighted by Gasteiger charge is -2.39. The van der Waals surface area contributed by atoms with Crippen LogP contribution in [0.25, 0.3) is 0 Å². The average molecular weight is 365 g/mol. The van der Waals surface area contributed by atoms with Crippen LogP contribution in [0, 0.1) is 0 Å². The molecular weight excluding hydrogens is 338 g/mol. The minimum absolute atomic E-state index is 0.0243. The van der Waals surface area contributed by atoms with Gasteiger partial charge in [0.15, 0.2) is 0 Å². The molecule has 0 unspecified atom stereocenters. The van der Waals surface area contributed by atoms with Crippen LogP contribution in [0.5, 0.6) is 0 Å². The number of likely N-dealkylation sites (tertiary alicyclic amines) is 1. The second-order valence-corrected chi connectivity index (χ2v) is 8.97. The molecule has 0 N–H and O–H groups in total. The summed E-state index contributed by atoms with van der Waals surface area (Å²) in [7, 11) is -1.22. The zero-order chi connectivity index (χ0) is 18.0. The van der Waals surface area contributed by atoms with E-state index in [-0.39, 0.29) is 5.91 Å². The molecule has 1 aromatic rings. The number of nitrogens with zero attached hydrogens (tertiary/aromatic N) is 3. The van der Waals surface area contributed by atoms with Gasteiger partial charge in [-0.2, -0.15) is 4.31 Å². The smallest absolute Gasteiger partial charge is 0.241 e. The van der Waals surface area contributed by atoms with E-state index in [0.29, 0.717) is 32.1 Å². The molecule has 6 nitrogen and oxygen atoms in total. The van der Waals surface area contributed by atoms with E-state index in [1.165, 1.54) is 16.2 Å². The quantitative estimate of drug-likeness (QED) is 0.812. The number of amides is 1. The van der Waals surface area contributed by atoms with E-state index in [1.54, 1.807) is 0 Å². The summed E-state index contributed by atoms with van der Waals surface area (Å²) in [6.07, 6.45) is 4.40. The zero-order valence-electron chi connectivity index (χ0n) is 15.0. The summed E-state index contributed by atoms with van der Waals surface area (Å²) in [6.45, 7) is 1.84. The highest BCUT2D eigenvalue weighted by molar-refractivity contribution is 7.88. The van der Waals surface area contributed by atoms with Crippen molar-refractivity contribution >= 4 is 21.6 Å². The zero-order valence-corrected chi connectivity index (χ0v) is 15.8. The van der Waals surface area contributed by atoms with Gasteiger partial charge in [0, 0.05) is 38.4 Å². The monoisotopic (exact) mass is 365 g/mol. The van der Waals surface area contributed by atoms with Crippen LogP contribution in [0.4, 0.5) is 5.69 Å². The summed E-state index contributed by atoms with van der Waals surface area (Å²) in [5, 5.41) is 0. The van der Waals surface area contributed by atoms with Gasteiger partial charge in [-0.05, 0) is 37.8 Å². The van der Waals surface area contributed by atoms with E-state index in [9.17, 15) is 13.2 Å². The van der Waals surface area contributed by atoms with Gasteiger partial charge in [0.1, 0.15) is 6.04 Å². The van der Waals surface area contributed by atoms with E-state index < -0.39 is 16.1 Å². The molecule has 0 saturated carbocycles. The Kier molecular flexibility index (Phi) is 5.34. The predicted molar refractivity (Wildman–Crippen MR) is 99.0 cm³/mol.